The molecule has 1 fully saturated rings. The number of amides is 1. The third-order valence-electron chi connectivity index (χ3n) is 3.15. The summed E-state index contributed by atoms with van der Waals surface area (Å²) >= 11 is 5.99. The maximum Gasteiger partial charge on any atom is 0.236 e. The van der Waals surface area contributed by atoms with E-state index >= 15 is 0 Å². The Bertz CT molecular complexity index is 439. The Morgan fingerprint density at radius 1 is 1.59 bits per heavy atom. The van der Waals surface area contributed by atoms with Gasteiger partial charge in [-0.2, -0.15) is 0 Å². The minimum absolute atomic E-state index is 0.100. The predicted molar refractivity (Wildman–Crippen MR) is 67.1 cm³/mol. The standard InChI is InChI=1S/C12H15ClN2O2/c1-8-9(13)3-2-4-10(8)15-11(16)12(5-14)6-17-7-12/h2-4H,5-7,14H2,1H3,(H,15,16). The Morgan fingerprint density at radius 3 is 2.82 bits per heavy atom. The van der Waals surface area contributed by atoms with Crippen molar-refractivity contribution in [2.24, 2.45) is 11.1 Å². The number of benzene rings is 1. The molecule has 0 saturated carbocycles. The highest BCUT2D eigenvalue weighted by molar-refractivity contribution is 6.31. The van der Waals surface area contributed by atoms with Crippen molar-refractivity contribution in [1.29, 1.82) is 0 Å². The van der Waals surface area contributed by atoms with Gasteiger partial charge in [0.15, 0.2) is 0 Å². The summed E-state index contributed by atoms with van der Waals surface area (Å²) in [7, 11) is 0. The highest BCUT2D eigenvalue weighted by Gasteiger charge is 2.44. The summed E-state index contributed by atoms with van der Waals surface area (Å²) < 4.78 is 5.08. The molecular formula is C12H15ClN2O2. The van der Waals surface area contributed by atoms with Gasteiger partial charge in [0.25, 0.3) is 0 Å². The molecule has 1 aromatic rings. The maximum absolute atomic E-state index is 12.1. The van der Waals surface area contributed by atoms with Crippen molar-refractivity contribution in [2.45, 2.75) is 6.92 Å². The first-order valence-corrected chi connectivity index (χ1v) is 5.81. The van der Waals surface area contributed by atoms with Crippen LogP contribution < -0.4 is 11.1 Å². The van der Waals surface area contributed by atoms with Gasteiger partial charge >= 0.3 is 0 Å². The van der Waals surface area contributed by atoms with Crippen LogP contribution in [-0.4, -0.2) is 25.7 Å². The monoisotopic (exact) mass is 254 g/mol. The van der Waals surface area contributed by atoms with Gasteiger partial charge in [-0.3, -0.25) is 4.79 Å². The topological polar surface area (TPSA) is 64.4 Å². The van der Waals surface area contributed by atoms with Crippen molar-refractivity contribution in [1.82, 2.24) is 0 Å². The summed E-state index contributed by atoms with van der Waals surface area (Å²) in [6, 6.07) is 5.41. The zero-order chi connectivity index (χ0) is 12.5. The molecule has 0 radical (unpaired) electrons. The Balaban J connectivity index is 2.16. The number of carbonyl (C=O) groups is 1. The number of hydrogen-bond donors (Lipinski definition) is 2. The average molecular weight is 255 g/mol. The van der Waals surface area contributed by atoms with Crippen LogP contribution in [0.4, 0.5) is 5.69 Å². The molecular weight excluding hydrogens is 240 g/mol. The molecule has 2 rings (SSSR count). The van der Waals surface area contributed by atoms with Gasteiger partial charge in [-0.25, -0.2) is 0 Å². The van der Waals surface area contributed by atoms with E-state index < -0.39 is 5.41 Å². The Hall–Kier alpha value is -1.10. The van der Waals surface area contributed by atoms with E-state index in [1.807, 2.05) is 13.0 Å². The highest BCUT2D eigenvalue weighted by Crippen LogP contribution is 2.29. The van der Waals surface area contributed by atoms with E-state index in [4.69, 9.17) is 22.1 Å². The van der Waals surface area contributed by atoms with Crippen LogP contribution in [-0.2, 0) is 9.53 Å². The largest absolute Gasteiger partial charge is 0.379 e. The van der Waals surface area contributed by atoms with Crippen LogP contribution in [0.2, 0.25) is 5.02 Å². The molecule has 0 unspecified atom stereocenters. The molecule has 1 heterocycles. The Kier molecular flexibility index (Phi) is 3.38. The second-order valence-corrected chi connectivity index (χ2v) is 4.75. The van der Waals surface area contributed by atoms with Crippen molar-refractivity contribution in [3.63, 3.8) is 0 Å². The van der Waals surface area contributed by atoms with Crippen molar-refractivity contribution < 1.29 is 9.53 Å². The fraction of sp³-hybridized carbons (Fsp3) is 0.417. The lowest BCUT2D eigenvalue weighted by molar-refractivity contribution is -0.153. The molecule has 0 aliphatic carbocycles. The van der Waals surface area contributed by atoms with Gasteiger partial charge in [-0.15, -0.1) is 0 Å². The molecule has 0 atom stereocenters. The maximum atomic E-state index is 12.1. The molecule has 0 spiro atoms. The minimum atomic E-state index is -0.575. The first-order valence-electron chi connectivity index (χ1n) is 5.43. The van der Waals surface area contributed by atoms with E-state index in [0.717, 1.165) is 11.3 Å². The first-order chi connectivity index (χ1) is 8.09. The van der Waals surface area contributed by atoms with E-state index in [1.54, 1.807) is 12.1 Å². The van der Waals surface area contributed by atoms with Gasteiger partial charge in [-0.1, -0.05) is 17.7 Å². The molecule has 5 heteroatoms. The fourth-order valence-electron chi connectivity index (χ4n) is 1.69. The molecule has 4 nitrogen and oxygen atoms in total. The van der Waals surface area contributed by atoms with Gasteiger partial charge in [-0.05, 0) is 24.6 Å². The van der Waals surface area contributed by atoms with E-state index in [-0.39, 0.29) is 5.91 Å². The predicted octanol–water partition coefficient (Wildman–Crippen LogP) is 1.56. The average Bonchev–Trinajstić information content (AvgIpc) is 2.24. The number of carbonyl (C=O) groups excluding carboxylic acids is 1. The summed E-state index contributed by atoms with van der Waals surface area (Å²) in [5, 5.41) is 3.50. The lowest BCUT2D eigenvalue weighted by Gasteiger charge is -2.38. The van der Waals surface area contributed by atoms with Crippen LogP contribution in [0, 0.1) is 12.3 Å². The van der Waals surface area contributed by atoms with Crippen molar-refractivity contribution in [3.05, 3.63) is 28.8 Å². The molecule has 1 aliphatic rings. The minimum Gasteiger partial charge on any atom is -0.379 e. The number of rotatable bonds is 3. The number of nitrogens with two attached hydrogens (primary N) is 1. The SMILES string of the molecule is Cc1c(Cl)cccc1NC(=O)C1(CN)COC1. The van der Waals surface area contributed by atoms with E-state index in [9.17, 15) is 4.79 Å². The van der Waals surface area contributed by atoms with Crippen LogP contribution in [0.3, 0.4) is 0 Å². The van der Waals surface area contributed by atoms with Gasteiger partial charge in [0.1, 0.15) is 5.41 Å². The van der Waals surface area contributed by atoms with Gasteiger partial charge in [0.05, 0.1) is 13.2 Å². The molecule has 1 aliphatic heterocycles. The van der Waals surface area contributed by atoms with Crippen LogP contribution in [0.1, 0.15) is 5.56 Å². The lowest BCUT2D eigenvalue weighted by atomic mass is 9.85. The highest BCUT2D eigenvalue weighted by atomic mass is 35.5. The smallest absolute Gasteiger partial charge is 0.236 e. The number of nitrogens with one attached hydrogen (secondary N) is 1. The summed E-state index contributed by atoms with van der Waals surface area (Å²) in [6.45, 7) is 2.92. The number of hydrogen-bond acceptors (Lipinski definition) is 3. The summed E-state index contributed by atoms with van der Waals surface area (Å²) in [6.07, 6.45) is 0. The number of halogens is 1. The third-order valence-corrected chi connectivity index (χ3v) is 3.55. The van der Waals surface area contributed by atoms with Gasteiger partial charge < -0.3 is 15.8 Å². The van der Waals surface area contributed by atoms with Gasteiger partial charge in [0.2, 0.25) is 5.91 Å². The summed E-state index contributed by atoms with van der Waals surface area (Å²) in [5.74, 6) is -0.100. The van der Waals surface area contributed by atoms with Crippen molar-refractivity contribution >= 4 is 23.2 Å². The number of ether oxygens (including phenoxy) is 1. The second kappa shape index (κ2) is 4.64. The van der Waals surface area contributed by atoms with Crippen LogP contribution >= 0.6 is 11.6 Å². The van der Waals surface area contributed by atoms with Crippen molar-refractivity contribution in [2.75, 3.05) is 25.1 Å². The first kappa shape index (κ1) is 12.4. The third kappa shape index (κ3) is 2.16. The van der Waals surface area contributed by atoms with E-state index in [0.29, 0.717) is 24.8 Å². The molecule has 92 valence electrons. The Morgan fingerprint density at radius 2 is 2.29 bits per heavy atom. The molecule has 17 heavy (non-hydrogen) atoms. The zero-order valence-electron chi connectivity index (χ0n) is 9.63. The van der Waals surface area contributed by atoms with Gasteiger partial charge in [0, 0.05) is 17.3 Å². The summed E-state index contributed by atoms with van der Waals surface area (Å²) in [4.78, 5) is 12.1. The van der Waals surface area contributed by atoms with Crippen LogP contribution in [0.25, 0.3) is 0 Å². The quantitative estimate of drug-likeness (QED) is 0.861. The molecule has 1 saturated heterocycles. The zero-order valence-corrected chi connectivity index (χ0v) is 10.4. The van der Waals surface area contributed by atoms with E-state index in [2.05, 4.69) is 5.32 Å². The molecule has 0 bridgehead atoms. The second-order valence-electron chi connectivity index (χ2n) is 4.34. The van der Waals surface area contributed by atoms with Crippen LogP contribution in [0.5, 0.6) is 0 Å². The van der Waals surface area contributed by atoms with E-state index in [1.165, 1.54) is 0 Å². The fourth-order valence-corrected chi connectivity index (χ4v) is 1.86. The van der Waals surface area contributed by atoms with Crippen molar-refractivity contribution in [3.8, 4) is 0 Å². The molecule has 3 N–H and O–H groups in total. The molecule has 1 aromatic carbocycles. The molecule has 0 aromatic heterocycles. The normalized spacial score (nSPS) is 17.4. The summed E-state index contributed by atoms with van der Waals surface area (Å²) in [5.41, 5.74) is 6.63. The number of anilines is 1. The Labute approximate surface area is 105 Å². The molecule has 1 amide bonds. The lowest BCUT2D eigenvalue weighted by Crippen LogP contribution is -2.56. The van der Waals surface area contributed by atoms with Crippen LogP contribution in [0.15, 0.2) is 18.2 Å².